The number of methoxy groups -OCH3 is 2. The first-order chi connectivity index (χ1) is 13.0. The van der Waals surface area contributed by atoms with Gasteiger partial charge in [0.1, 0.15) is 11.5 Å². The molecule has 27 heavy (non-hydrogen) atoms. The van der Waals surface area contributed by atoms with Gasteiger partial charge in [-0.15, -0.1) is 0 Å². The van der Waals surface area contributed by atoms with Crippen LogP contribution in [0.5, 0.6) is 11.5 Å². The highest BCUT2D eigenvalue weighted by molar-refractivity contribution is 7.73. The van der Waals surface area contributed by atoms with Crippen molar-refractivity contribution in [1.82, 2.24) is 0 Å². The van der Waals surface area contributed by atoms with Crippen molar-refractivity contribution < 1.29 is 9.47 Å². The van der Waals surface area contributed by atoms with E-state index in [1.54, 1.807) is 14.2 Å². The molecule has 0 radical (unpaired) electrons. The lowest BCUT2D eigenvalue weighted by molar-refractivity contribution is 0.242. The molecule has 2 aromatic carbocycles. The summed E-state index contributed by atoms with van der Waals surface area (Å²) in [6.45, 7) is 7.24. The SMILES string of the molecule is COc1ccc(P(c2ccc(OC)cc2)C2CC(C)CCC2C(C)C)cc1. The molecule has 2 nitrogen and oxygen atoms in total. The number of hydrogen-bond acceptors (Lipinski definition) is 2. The lowest BCUT2D eigenvalue weighted by Crippen LogP contribution is -2.35. The van der Waals surface area contributed by atoms with Gasteiger partial charge in [0.25, 0.3) is 0 Å². The van der Waals surface area contributed by atoms with Crippen LogP contribution < -0.4 is 20.1 Å². The van der Waals surface area contributed by atoms with Gasteiger partial charge in [-0.1, -0.05) is 51.5 Å². The molecule has 0 bridgehead atoms. The number of ether oxygens (including phenoxy) is 2. The zero-order valence-corrected chi connectivity index (χ0v) is 18.2. The van der Waals surface area contributed by atoms with Crippen LogP contribution in [0.15, 0.2) is 48.5 Å². The summed E-state index contributed by atoms with van der Waals surface area (Å²) in [5.41, 5.74) is 0.727. The summed E-state index contributed by atoms with van der Waals surface area (Å²) < 4.78 is 10.8. The second-order valence-corrected chi connectivity index (χ2v) is 10.6. The van der Waals surface area contributed by atoms with Gasteiger partial charge < -0.3 is 9.47 Å². The fourth-order valence-electron chi connectivity index (χ4n) is 4.47. The zero-order chi connectivity index (χ0) is 19.4. The fourth-order valence-corrected chi connectivity index (χ4v) is 7.92. The van der Waals surface area contributed by atoms with Crippen LogP contribution in [0.4, 0.5) is 0 Å². The van der Waals surface area contributed by atoms with Crippen molar-refractivity contribution in [3.8, 4) is 11.5 Å². The van der Waals surface area contributed by atoms with Crippen LogP contribution >= 0.6 is 7.92 Å². The normalized spacial score (nSPS) is 22.9. The summed E-state index contributed by atoms with van der Waals surface area (Å²) in [5, 5.41) is 2.92. The Morgan fingerprint density at radius 3 is 1.70 bits per heavy atom. The Morgan fingerprint density at radius 1 is 0.815 bits per heavy atom. The first-order valence-corrected chi connectivity index (χ1v) is 11.5. The standard InChI is InChI=1S/C24H33O2P/c1-17(2)23-15-6-18(3)16-24(23)27(21-11-7-19(25-4)8-12-21)22-13-9-20(26-5)10-14-22/h7-14,17-18,23-24H,6,15-16H2,1-5H3. The lowest BCUT2D eigenvalue weighted by atomic mass is 9.77. The highest BCUT2D eigenvalue weighted by atomic mass is 31.1. The monoisotopic (exact) mass is 384 g/mol. The summed E-state index contributed by atoms with van der Waals surface area (Å²) in [4.78, 5) is 0. The Bertz CT molecular complexity index is 661. The van der Waals surface area contributed by atoms with E-state index >= 15 is 0 Å². The smallest absolute Gasteiger partial charge is 0.118 e. The van der Waals surface area contributed by atoms with Crippen LogP contribution in [0.25, 0.3) is 0 Å². The molecule has 0 heterocycles. The maximum absolute atomic E-state index is 5.40. The molecule has 1 aliphatic rings. The highest BCUT2D eigenvalue weighted by Gasteiger charge is 2.37. The predicted octanol–water partition coefficient (Wildman–Crippen LogP) is 5.60. The topological polar surface area (TPSA) is 18.5 Å². The van der Waals surface area contributed by atoms with E-state index in [0.717, 1.165) is 34.9 Å². The van der Waals surface area contributed by atoms with Gasteiger partial charge in [-0.25, -0.2) is 0 Å². The second kappa shape index (κ2) is 9.11. The van der Waals surface area contributed by atoms with Gasteiger partial charge in [-0.3, -0.25) is 0 Å². The third kappa shape index (κ3) is 4.66. The van der Waals surface area contributed by atoms with Crippen LogP contribution in [-0.2, 0) is 0 Å². The molecule has 0 N–H and O–H groups in total. The fraction of sp³-hybridized carbons (Fsp3) is 0.500. The first kappa shape index (κ1) is 20.2. The Labute approximate surface area is 166 Å². The summed E-state index contributed by atoms with van der Waals surface area (Å²) in [5.74, 6) is 4.19. The molecule has 3 atom stereocenters. The molecular weight excluding hydrogens is 351 g/mol. The largest absolute Gasteiger partial charge is 0.497 e. The van der Waals surface area contributed by atoms with E-state index in [0.29, 0.717) is 0 Å². The lowest BCUT2D eigenvalue weighted by Gasteiger charge is -2.42. The van der Waals surface area contributed by atoms with Crippen molar-refractivity contribution in [3.63, 3.8) is 0 Å². The zero-order valence-electron chi connectivity index (χ0n) is 17.3. The van der Waals surface area contributed by atoms with Crippen LogP contribution in [0, 0.1) is 17.8 Å². The summed E-state index contributed by atoms with van der Waals surface area (Å²) in [6.07, 6.45) is 4.05. The van der Waals surface area contributed by atoms with Crippen LogP contribution in [-0.4, -0.2) is 19.9 Å². The van der Waals surface area contributed by atoms with Crippen molar-refractivity contribution >= 4 is 18.5 Å². The quantitative estimate of drug-likeness (QED) is 0.604. The molecule has 146 valence electrons. The van der Waals surface area contributed by atoms with Gasteiger partial charge in [0.15, 0.2) is 0 Å². The van der Waals surface area contributed by atoms with E-state index in [1.165, 1.54) is 29.9 Å². The molecule has 1 saturated carbocycles. The van der Waals surface area contributed by atoms with E-state index in [2.05, 4.69) is 69.3 Å². The second-order valence-electron chi connectivity index (χ2n) is 8.16. The Morgan fingerprint density at radius 2 is 1.30 bits per heavy atom. The van der Waals surface area contributed by atoms with Gasteiger partial charge in [0, 0.05) is 0 Å². The number of hydrogen-bond donors (Lipinski definition) is 0. The van der Waals surface area contributed by atoms with Crippen molar-refractivity contribution in [2.24, 2.45) is 17.8 Å². The molecule has 1 aliphatic carbocycles. The van der Waals surface area contributed by atoms with Crippen molar-refractivity contribution in [3.05, 3.63) is 48.5 Å². The highest BCUT2D eigenvalue weighted by Crippen LogP contribution is 2.52. The molecule has 0 amide bonds. The van der Waals surface area contributed by atoms with Crippen LogP contribution in [0.1, 0.15) is 40.0 Å². The van der Waals surface area contributed by atoms with E-state index in [4.69, 9.17) is 9.47 Å². The minimum absolute atomic E-state index is 0.413. The summed E-state index contributed by atoms with van der Waals surface area (Å²) in [6, 6.07) is 17.6. The minimum atomic E-state index is -0.413. The van der Waals surface area contributed by atoms with Crippen molar-refractivity contribution in [2.45, 2.75) is 45.7 Å². The minimum Gasteiger partial charge on any atom is -0.497 e. The van der Waals surface area contributed by atoms with E-state index in [9.17, 15) is 0 Å². The Kier molecular flexibility index (Phi) is 6.82. The van der Waals surface area contributed by atoms with Gasteiger partial charge in [0.2, 0.25) is 0 Å². The number of rotatable bonds is 6. The summed E-state index contributed by atoms with van der Waals surface area (Å²) in [7, 11) is 3.06. The Balaban J connectivity index is 2.03. The van der Waals surface area contributed by atoms with Crippen LogP contribution in [0.2, 0.25) is 0 Å². The van der Waals surface area contributed by atoms with E-state index < -0.39 is 7.92 Å². The average molecular weight is 385 g/mol. The van der Waals surface area contributed by atoms with Crippen LogP contribution in [0.3, 0.4) is 0 Å². The molecule has 3 heteroatoms. The summed E-state index contributed by atoms with van der Waals surface area (Å²) >= 11 is 0. The van der Waals surface area contributed by atoms with Crippen molar-refractivity contribution in [2.75, 3.05) is 14.2 Å². The molecule has 1 fully saturated rings. The van der Waals surface area contributed by atoms with Gasteiger partial charge in [0.05, 0.1) is 14.2 Å². The molecule has 3 unspecified atom stereocenters. The van der Waals surface area contributed by atoms with E-state index in [1.807, 2.05) is 0 Å². The molecule has 0 aliphatic heterocycles. The van der Waals surface area contributed by atoms with Gasteiger partial charge in [-0.05, 0) is 79.1 Å². The molecule has 3 rings (SSSR count). The molecule has 0 aromatic heterocycles. The molecule has 2 aromatic rings. The third-order valence-electron chi connectivity index (χ3n) is 6.02. The average Bonchev–Trinajstić information content (AvgIpc) is 2.69. The number of benzene rings is 2. The first-order valence-electron chi connectivity index (χ1n) is 10.1. The van der Waals surface area contributed by atoms with E-state index in [-0.39, 0.29) is 0 Å². The molecular formula is C24H33O2P. The molecule has 0 spiro atoms. The van der Waals surface area contributed by atoms with Gasteiger partial charge in [-0.2, -0.15) is 0 Å². The van der Waals surface area contributed by atoms with Gasteiger partial charge >= 0.3 is 0 Å². The van der Waals surface area contributed by atoms with Crippen molar-refractivity contribution in [1.29, 1.82) is 0 Å². The maximum atomic E-state index is 5.40. The Hall–Kier alpha value is -1.53. The maximum Gasteiger partial charge on any atom is 0.118 e. The third-order valence-corrected chi connectivity index (χ3v) is 8.99. The molecule has 0 saturated heterocycles. The predicted molar refractivity (Wildman–Crippen MR) is 117 cm³/mol.